The summed E-state index contributed by atoms with van der Waals surface area (Å²) in [4.78, 5) is 0. The molecule has 2 aromatic rings. The Labute approximate surface area is 101 Å². The second kappa shape index (κ2) is 5.48. The first-order valence-corrected chi connectivity index (χ1v) is 5.80. The van der Waals surface area contributed by atoms with E-state index in [0.717, 1.165) is 12.2 Å². The van der Waals surface area contributed by atoms with E-state index in [1.54, 1.807) is 6.07 Å². The van der Waals surface area contributed by atoms with E-state index in [9.17, 15) is 4.39 Å². The Hall–Kier alpha value is -1.83. The normalized spacial score (nSPS) is 12.1. The van der Waals surface area contributed by atoms with Crippen molar-refractivity contribution in [2.24, 2.45) is 0 Å². The van der Waals surface area contributed by atoms with Crippen molar-refractivity contribution in [3.8, 4) is 0 Å². The second-order valence-electron chi connectivity index (χ2n) is 4.20. The number of nitrogens with one attached hydrogen (secondary N) is 1. The van der Waals surface area contributed by atoms with Gasteiger partial charge in [-0.25, -0.2) is 4.39 Å². The molecule has 0 aromatic heterocycles. The lowest BCUT2D eigenvalue weighted by atomic mass is 10.0. The molecule has 0 spiro atoms. The highest BCUT2D eigenvalue weighted by atomic mass is 19.1. The van der Waals surface area contributed by atoms with E-state index >= 15 is 0 Å². The van der Waals surface area contributed by atoms with Gasteiger partial charge in [0.15, 0.2) is 0 Å². The van der Waals surface area contributed by atoms with Crippen LogP contribution in [0, 0.1) is 5.82 Å². The van der Waals surface area contributed by atoms with Crippen LogP contribution in [0.5, 0.6) is 0 Å². The molecule has 1 nitrogen and oxygen atoms in total. The van der Waals surface area contributed by atoms with E-state index in [4.69, 9.17) is 0 Å². The van der Waals surface area contributed by atoms with Crippen molar-refractivity contribution in [2.75, 3.05) is 11.9 Å². The van der Waals surface area contributed by atoms with Crippen LogP contribution in [0.2, 0.25) is 0 Å². The highest BCUT2D eigenvalue weighted by molar-refractivity contribution is 5.43. The lowest BCUT2D eigenvalue weighted by Gasteiger charge is -2.13. The van der Waals surface area contributed by atoms with Crippen LogP contribution in [0.15, 0.2) is 54.6 Å². The Bertz CT molecular complexity index is 467. The van der Waals surface area contributed by atoms with Crippen LogP contribution in [0.1, 0.15) is 18.4 Å². The highest BCUT2D eigenvalue weighted by Gasteiger charge is 2.04. The Balaban J connectivity index is 1.95. The van der Waals surface area contributed by atoms with Crippen LogP contribution in [-0.4, -0.2) is 6.54 Å². The summed E-state index contributed by atoms with van der Waals surface area (Å²) in [6, 6.07) is 16.9. The van der Waals surface area contributed by atoms with E-state index < -0.39 is 0 Å². The molecule has 0 aliphatic carbocycles. The van der Waals surface area contributed by atoms with Crippen molar-refractivity contribution in [3.05, 3.63) is 66.0 Å². The smallest absolute Gasteiger partial charge is 0.125 e. The van der Waals surface area contributed by atoms with Crippen molar-refractivity contribution in [1.82, 2.24) is 0 Å². The summed E-state index contributed by atoms with van der Waals surface area (Å²) in [5, 5.41) is 3.24. The molecule has 0 radical (unpaired) electrons. The van der Waals surface area contributed by atoms with Gasteiger partial charge in [-0.15, -0.1) is 0 Å². The fourth-order valence-electron chi connectivity index (χ4n) is 1.77. The maximum Gasteiger partial charge on any atom is 0.125 e. The molecule has 2 rings (SSSR count). The second-order valence-corrected chi connectivity index (χ2v) is 4.20. The molecule has 2 aromatic carbocycles. The summed E-state index contributed by atoms with van der Waals surface area (Å²) in [7, 11) is 0. The minimum Gasteiger partial charge on any atom is -0.384 e. The Morgan fingerprint density at radius 3 is 2.53 bits per heavy atom. The maximum atomic E-state index is 13.0. The largest absolute Gasteiger partial charge is 0.384 e. The van der Waals surface area contributed by atoms with Gasteiger partial charge >= 0.3 is 0 Å². The molecule has 1 unspecified atom stereocenters. The van der Waals surface area contributed by atoms with Gasteiger partial charge in [-0.05, 0) is 29.7 Å². The van der Waals surface area contributed by atoms with Crippen molar-refractivity contribution in [2.45, 2.75) is 12.8 Å². The van der Waals surface area contributed by atoms with Crippen LogP contribution in [0.25, 0.3) is 0 Å². The third-order valence-corrected chi connectivity index (χ3v) is 2.81. The first kappa shape index (κ1) is 11.6. The monoisotopic (exact) mass is 229 g/mol. The fraction of sp³-hybridized carbons (Fsp3) is 0.200. The molecule has 0 saturated carbocycles. The van der Waals surface area contributed by atoms with E-state index in [1.807, 2.05) is 24.3 Å². The lowest BCUT2D eigenvalue weighted by molar-refractivity contribution is 0.628. The molecule has 0 bridgehead atoms. The average Bonchev–Trinajstić information content (AvgIpc) is 2.37. The molecule has 17 heavy (non-hydrogen) atoms. The molecule has 88 valence electrons. The predicted molar refractivity (Wildman–Crippen MR) is 69.7 cm³/mol. The molecular formula is C15H16FN. The SMILES string of the molecule is CC(CNc1cccc(F)c1)c1ccccc1. The number of halogens is 1. The van der Waals surface area contributed by atoms with Gasteiger partial charge in [0.25, 0.3) is 0 Å². The van der Waals surface area contributed by atoms with Crippen LogP contribution in [0.4, 0.5) is 10.1 Å². The minimum absolute atomic E-state index is 0.206. The van der Waals surface area contributed by atoms with E-state index in [1.165, 1.54) is 17.7 Å². The maximum absolute atomic E-state index is 13.0. The quantitative estimate of drug-likeness (QED) is 0.834. The lowest BCUT2D eigenvalue weighted by Crippen LogP contribution is -2.09. The van der Waals surface area contributed by atoms with Crippen LogP contribution >= 0.6 is 0 Å². The van der Waals surface area contributed by atoms with E-state index in [2.05, 4.69) is 24.4 Å². The van der Waals surface area contributed by atoms with Crippen molar-refractivity contribution in [1.29, 1.82) is 0 Å². The zero-order valence-corrected chi connectivity index (χ0v) is 9.86. The van der Waals surface area contributed by atoms with E-state index in [-0.39, 0.29) is 5.82 Å². The molecule has 0 aliphatic rings. The molecule has 0 heterocycles. The predicted octanol–water partition coefficient (Wildman–Crippen LogP) is 4.04. The third-order valence-electron chi connectivity index (χ3n) is 2.81. The van der Waals surface area contributed by atoms with Gasteiger partial charge in [0.05, 0.1) is 0 Å². The molecule has 1 atom stereocenters. The van der Waals surface area contributed by atoms with Crippen molar-refractivity contribution in [3.63, 3.8) is 0 Å². The number of benzene rings is 2. The Morgan fingerprint density at radius 1 is 1.06 bits per heavy atom. The van der Waals surface area contributed by atoms with Gasteiger partial charge in [0.1, 0.15) is 5.82 Å². The zero-order valence-electron chi connectivity index (χ0n) is 9.86. The van der Waals surface area contributed by atoms with Gasteiger partial charge in [-0.2, -0.15) is 0 Å². The number of hydrogen-bond donors (Lipinski definition) is 1. The van der Waals surface area contributed by atoms with Crippen LogP contribution in [-0.2, 0) is 0 Å². The highest BCUT2D eigenvalue weighted by Crippen LogP contribution is 2.16. The summed E-state index contributed by atoms with van der Waals surface area (Å²) in [5.41, 5.74) is 2.11. The zero-order chi connectivity index (χ0) is 12.1. The van der Waals surface area contributed by atoms with Gasteiger partial charge in [-0.1, -0.05) is 43.3 Å². The summed E-state index contributed by atoms with van der Waals surface area (Å²) in [5.74, 6) is 0.196. The molecule has 0 fully saturated rings. The summed E-state index contributed by atoms with van der Waals surface area (Å²) in [6.07, 6.45) is 0. The molecule has 1 N–H and O–H groups in total. The molecule has 2 heteroatoms. The molecule has 0 amide bonds. The topological polar surface area (TPSA) is 12.0 Å². The van der Waals surface area contributed by atoms with Crippen LogP contribution < -0.4 is 5.32 Å². The number of hydrogen-bond acceptors (Lipinski definition) is 1. The summed E-state index contributed by atoms with van der Waals surface area (Å²) >= 11 is 0. The van der Waals surface area contributed by atoms with Crippen LogP contribution in [0.3, 0.4) is 0 Å². The van der Waals surface area contributed by atoms with Gasteiger partial charge in [0.2, 0.25) is 0 Å². The fourth-order valence-corrected chi connectivity index (χ4v) is 1.77. The molecule has 0 saturated heterocycles. The Morgan fingerprint density at radius 2 is 1.82 bits per heavy atom. The average molecular weight is 229 g/mol. The molecular weight excluding hydrogens is 213 g/mol. The third kappa shape index (κ3) is 3.31. The van der Waals surface area contributed by atoms with Gasteiger partial charge < -0.3 is 5.32 Å². The number of rotatable bonds is 4. The van der Waals surface area contributed by atoms with E-state index in [0.29, 0.717) is 5.92 Å². The minimum atomic E-state index is -0.206. The first-order chi connectivity index (χ1) is 8.25. The summed E-state index contributed by atoms with van der Waals surface area (Å²) < 4.78 is 13.0. The number of anilines is 1. The van der Waals surface area contributed by atoms with Gasteiger partial charge in [-0.3, -0.25) is 0 Å². The molecule has 0 aliphatic heterocycles. The van der Waals surface area contributed by atoms with Crippen molar-refractivity contribution >= 4 is 5.69 Å². The standard InChI is InChI=1S/C15H16FN/c1-12(13-6-3-2-4-7-13)11-17-15-9-5-8-14(16)10-15/h2-10,12,17H,11H2,1H3. The van der Waals surface area contributed by atoms with Crippen molar-refractivity contribution < 1.29 is 4.39 Å². The first-order valence-electron chi connectivity index (χ1n) is 5.80. The summed E-state index contributed by atoms with van der Waals surface area (Å²) in [6.45, 7) is 2.95. The van der Waals surface area contributed by atoms with Gasteiger partial charge in [0, 0.05) is 12.2 Å². The Kier molecular flexibility index (Phi) is 3.76.